The molecule has 2 heterocycles. The van der Waals surface area contributed by atoms with Crippen molar-refractivity contribution in [1.29, 1.82) is 0 Å². The summed E-state index contributed by atoms with van der Waals surface area (Å²) in [6.07, 6.45) is 3.49. The van der Waals surface area contributed by atoms with Gasteiger partial charge in [-0.15, -0.1) is 11.3 Å². The molecule has 2 N–H and O–H groups in total. The van der Waals surface area contributed by atoms with E-state index in [0.717, 1.165) is 34.8 Å². The number of aryl methyl sites for hydroxylation is 1. The van der Waals surface area contributed by atoms with Crippen molar-refractivity contribution in [1.82, 2.24) is 4.90 Å². The van der Waals surface area contributed by atoms with Gasteiger partial charge in [0.25, 0.3) is 5.91 Å². The number of nitrogen functional groups attached to an aromatic ring is 1. The van der Waals surface area contributed by atoms with Crippen LogP contribution in [0.4, 0.5) is 5.69 Å². The van der Waals surface area contributed by atoms with Crippen molar-refractivity contribution in [3.8, 4) is 0 Å². The second-order valence-electron chi connectivity index (χ2n) is 7.77. The number of fused-ring (bicyclic) bond motifs is 2. The largest absolute Gasteiger partial charge is 0.398 e. The van der Waals surface area contributed by atoms with Crippen LogP contribution in [0.15, 0.2) is 6.07 Å². The Morgan fingerprint density at radius 1 is 1.40 bits per heavy atom. The van der Waals surface area contributed by atoms with E-state index in [-0.39, 0.29) is 5.91 Å². The molecular formula is C16H24N2OS. The lowest BCUT2D eigenvalue weighted by atomic mass is 9.65. The summed E-state index contributed by atoms with van der Waals surface area (Å²) in [4.78, 5) is 16.7. The predicted octanol–water partition coefficient (Wildman–Crippen LogP) is 3.68. The first-order chi connectivity index (χ1) is 9.19. The molecule has 2 unspecified atom stereocenters. The lowest BCUT2D eigenvalue weighted by Gasteiger charge is -2.39. The number of carbonyl (C=O) groups is 1. The van der Waals surface area contributed by atoms with E-state index >= 15 is 0 Å². The summed E-state index contributed by atoms with van der Waals surface area (Å²) in [5, 5.41) is 0. The van der Waals surface area contributed by atoms with Crippen molar-refractivity contribution in [2.75, 3.05) is 12.3 Å². The van der Waals surface area contributed by atoms with Crippen molar-refractivity contribution in [3.63, 3.8) is 0 Å². The fourth-order valence-electron chi connectivity index (χ4n) is 4.44. The summed E-state index contributed by atoms with van der Waals surface area (Å²) in [5.41, 5.74) is 7.27. The molecule has 3 nitrogen and oxygen atoms in total. The van der Waals surface area contributed by atoms with Crippen LogP contribution in [-0.2, 0) is 0 Å². The number of amides is 1. The van der Waals surface area contributed by atoms with E-state index in [0.29, 0.717) is 16.9 Å². The maximum Gasteiger partial charge on any atom is 0.264 e. The van der Waals surface area contributed by atoms with Gasteiger partial charge in [0, 0.05) is 23.2 Å². The van der Waals surface area contributed by atoms with Crippen molar-refractivity contribution < 1.29 is 4.79 Å². The van der Waals surface area contributed by atoms with Gasteiger partial charge >= 0.3 is 0 Å². The minimum absolute atomic E-state index is 0.182. The number of rotatable bonds is 1. The summed E-state index contributed by atoms with van der Waals surface area (Å²) in [6.45, 7) is 9.87. The van der Waals surface area contributed by atoms with Crippen LogP contribution in [0, 0.1) is 17.8 Å². The first-order valence-corrected chi connectivity index (χ1v) is 8.18. The highest BCUT2D eigenvalue weighted by Gasteiger charge is 2.51. The predicted molar refractivity (Wildman–Crippen MR) is 84.0 cm³/mol. The Labute approximate surface area is 125 Å². The van der Waals surface area contributed by atoms with Gasteiger partial charge < -0.3 is 10.6 Å². The molecule has 1 saturated heterocycles. The Morgan fingerprint density at radius 2 is 2.10 bits per heavy atom. The Kier molecular flexibility index (Phi) is 2.95. The van der Waals surface area contributed by atoms with Crippen LogP contribution in [0.1, 0.15) is 54.6 Å². The standard InChI is InChI=1S/C16H24N2OS/c1-10-12(17)5-13(20-10)14(19)18-9-16(4)7-11(18)6-15(2,3)8-16/h5,11H,6-9,17H2,1-4H3. The van der Waals surface area contributed by atoms with Gasteiger partial charge in [-0.3, -0.25) is 4.79 Å². The summed E-state index contributed by atoms with van der Waals surface area (Å²) in [6, 6.07) is 2.25. The lowest BCUT2D eigenvalue weighted by molar-refractivity contribution is 0.0713. The number of likely N-dealkylation sites (tertiary alicyclic amines) is 1. The monoisotopic (exact) mass is 292 g/mol. The first-order valence-electron chi connectivity index (χ1n) is 7.36. The van der Waals surface area contributed by atoms with Crippen LogP contribution in [0.3, 0.4) is 0 Å². The summed E-state index contributed by atoms with van der Waals surface area (Å²) in [5.74, 6) is 0.182. The normalized spacial score (nSPS) is 31.6. The molecular weight excluding hydrogens is 268 g/mol. The average molecular weight is 292 g/mol. The molecule has 2 atom stereocenters. The number of hydrogen-bond acceptors (Lipinski definition) is 3. The van der Waals surface area contributed by atoms with Gasteiger partial charge in [-0.05, 0) is 43.1 Å². The number of anilines is 1. The van der Waals surface area contributed by atoms with Crippen LogP contribution in [0.25, 0.3) is 0 Å². The minimum atomic E-state index is 0.182. The van der Waals surface area contributed by atoms with Gasteiger partial charge in [-0.2, -0.15) is 0 Å². The van der Waals surface area contributed by atoms with Gasteiger partial charge in [-0.25, -0.2) is 0 Å². The Balaban J connectivity index is 1.87. The second-order valence-corrected chi connectivity index (χ2v) is 9.03. The van der Waals surface area contributed by atoms with E-state index in [1.54, 1.807) is 0 Å². The van der Waals surface area contributed by atoms with Gasteiger partial charge in [-0.1, -0.05) is 20.8 Å². The van der Waals surface area contributed by atoms with E-state index in [1.165, 1.54) is 17.8 Å². The summed E-state index contributed by atoms with van der Waals surface area (Å²) in [7, 11) is 0. The number of thiophene rings is 1. The molecule has 20 heavy (non-hydrogen) atoms. The molecule has 2 fully saturated rings. The molecule has 0 spiro atoms. The maximum absolute atomic E-state index is 12.8. The molecule has 0 aromatic carbocycles. The minimum Gasteiger partial charge on any atom is -0.398 e. The number of nitrogens with two attached hydrogens (primary N) is 1. The topological polar surface area (TPSA) is 46.3 Å². The fourth-order valence-corrected chi connectivity index (χ4v) is 5.34. The molecule has 1 amide bonds. The maximum atomic E-state index is 12.8. The molecule has 1 aromatic rings. The Hall–Kier alpha value is -1.03. The van der Waals surface area contributed by atoms with Gasteiger partial charge in [0.15, 0.2) is 0 Å². The van der Waals surface area contributed by atoms with E-state index < -0.39 is 0 Å². The van der Waals surface area contributed by atoms with Crippen LogP contribution in [0.2, 0.25) is 0 Å². The molecule has 4 heteroatoms. The van der Waals surface area contributed by atoms with Crippen LogP contribution in [-0.4, -0.2) is 23.4 Å². The van der Waals surface area contributed by atoms with Crippen molar-refractivity contribution in [2.45, 2.75) is 53.0 Å². The second kappa shape index (κ2) is 4.23. The lowest BCUT2D eigenvalue weighted by Crippen LogP contribution is -2.37. The van der Waals surface area contributed by atoms with Crippen LogP contribution < -0.4 is 5.73 Å². The molecule has 2 bridgehead atoms. The van der Waals surface area contributed by atoms with Crippen molar-refractivity contribution >= 4 is 22.9 Å². The van der Waals surface area contributed by atoms with E-state index in [1.807, 2.05) is 13.0 Å². The molecule has 1 aliphatic heterocycles. The molecule has 1 aromatic heterocycles. The SMILES string of the molecule is Cc1sc(C(=O)N2CC3(C)CC2CC(C)(C)C3)cc1N. The highest BCUT2D eigenvalue weighted by Crippen LogP contribution is 2.52. The van der Waals surface area contributed by atoms with Gasteiger partial charge in [0.1, 0.15) is 0 Å². The molecule has 3 rings (SSSR count). The summed E-state index contributed by atoms with van der Waals surface area (Å²) >= 11 is 1.53. The zero-order valence-corrected chi connectivity index (χ0v) is 13.6. The number of carbonyl (C=O) groups excluding carboxylic acids is 1. The van der Waals surface area contributed by atoms with Crippen molar-refractivity contribution in [2.24, 2.45) is 10.8 Å². The fraction of sp³-hybridized carbons (Fsp3) is 0.688. The average Bonchev–Trinajstić information content (AvgIpc) is 2.75. The zero-order valence-electron chi connectivity index (χ0n) is 12.8. The van der Waals surface area contributed by atoms with Crippen molar-refractivity contribution in [3.05, 3.63) is 15.8 Å². The molecule has 1 saturated carbocycles. The number of hydrogen-bond donors (Lipinski definition) is 1. The quantitative estimate of drug-likeness (QED) is 0.858. The van der Waals surface area contributed by atoms with Gasteiger partial charge in [0.2, 0.25) is 0 Å². The Bertz CT molecular complexity index is 543. The third-order valence-corrected chi connectivity index (χ3v) is 5.90. The Morgan fingerprint density at radius 3 is 2.70 bits per heavy atom. The molecule has 2 aliphatic rings. The van der Waals surface area contributed by atoms with E-state index in [9.17, 15) is 4.79 Å². The highest BCUT2D eigenvalue weighted by atomic mass is 32.1. The third kappa shape index (κ3) is 2.24. The molecule has 110 valence electrons. The molecule has 1 aliphatic carbocycles. The van der Waals surface area contributed by atoms with E-state index in [2.05, 4.69) is 25.7 Å². The molecule has 0 radical (unpaired) electrons. The van der Waals surface area contributed by atoms with Crippen LogP contribution in [0.5, 0.6) is 0 Å². The smallest absolute Gasteiger partial charge is 0.264 e. The number of nitrogens with zero attached hydrogens (tertiary/aromatic N) is 1. The highest BCUT2D eigenvalue weighted by molar-refractivity contribution is 7.14. The van der Waals surface area contributed by atoms with Crippen LogP contribution >= 0.6 is 11.3 Å². The first kappa shape index (κ1) is 13.9. The van der Waals surface area contributed by atoms with E-state index in [4.69, 9.17) is 5.73 Å². The zero-order chi connectivity index (χ0) is 14.7. The summed E-state index contributed by atoms with van der Waals surface area (Å²) < 4.78 is 0. The third-order valence-electron chi connectivity index (χ3n) is 4.84. The van der Waals surface area contributed by atoms with Gasteiger partial charge in [0.05, 0.1) is 4.88 Å².